The first kappa shape index (κ1) is 10.2. The summed E-state index contributed by atoms with van der Waals surface area (Å²) in [5.74, 6) is -0.354. The van der Waals surface area contributed by atoms with Gasteiger partial charge in [0.15, 0.2) is 5.78 Å². The van der Waals surface area contributed by atoms with E-state index in [0.29, 0.717) is 6.42 Å². The average molecular weight is 184 g/mol. The van der Waals surface area contributed by atoms with Gasteiger partial charge in [0.05, 0.1) is 7.11 Å². The van der Waals surface area contributed by atoms with E-state index in [2.05, 4.69) is 4.74 Å². The summed E-state index contributed by atoms with van der Waals surface area (Å²) in [4.78, 5) is 23.1. The van der Waals surface area contributed by atoms with Crippen LogP contribution in [0.25, 0.3) is 0 Å². The predicted octanol–water partition coefficient (Wildman–Crippen LogP) is 1.55. The molecule has 2 atom stereocenters. The summed E-state index contributed by atoms with van der Waals surface area (Å²) in [5, 5.41) is 0. The van der Waals surface area contributed by atoms with E-state index in [0.717, 1.165) is 12.8 Å². The molecule has 1 fully saturated rings. The van der Waals surface area contributed by atoms with Gasteiger partial charge in [-0.25, -0.2) is 0 Å². The smallest absolute Gasteiger partial charge is 0.319 e. The van der Waals surface area contributed by atoms with Crippen LogP contribution in [0.15, 0.2) is 0 Å². The van der Waals surface area contributed by atoms with Crippen molar-refractivity contribution in [2.24, 2.45) is 11.3 Å². The van der Waals surface area contributed by atoms with E-state index in [-0.39, 0.29) is 17.7 Å². The van der Waals surface area contributed by atoms with Crippen molar-refractivity contribution in [3.05, 3.63) is 0 Å². The highest BCUT2D eigenvalue weighted by molar-refractivity contribution is 6.04. The van der Waals surface area contributed by atoms with Crippen LogP contribution in [0.3, 0.4) is 0 Å². The quantitative estimate of drug-likeness (QED) is 0.458. The molecule has 0 bridgehead atoms. The molecule has 1 aliphatic rings. The third-order valence-corrected chi connectivity index (χ3v) is 2.94. The lowest BCUT2D eigenvalue weighted by atomic mass is 9.70. The highest BCUT2D eigenvalue weighted by atomic mass is 16.5. The summed E-state index contributed by atoms with van der Waals surface area (Å²) in [6.45, 7) is 3.57. The Morgan fingerprint density at radius 2 is 2.23 bits per heavy atom. The van der Waals surface area contributed by atoms with Crippen LogP contribution < -0.4 is 0 Å². The van der Waals surface area contributed by atoms with Crippen molar-refractivity contribution >= 4 is 11.8 Å². The average Bonchev–Trinajstić information content (AvgIpc) is 2.13. The van der Waals surface area contributed by atoms with E-state index in [1.54, 1.807) is 6.92 Å². The van der Waals surface area contributed by atoms with E-state index in [4.69, 9.17) is 0 Å². The van der Waals surface area contributed by atoms with Crippen molar-refractivity contribution < 1.29 is 14.3 Å². The molecule has 3 nitrogen and oxygen atoms in total. The number of ether oxygens (including phenoxy) is 1. The lowest BCUT2D eigenvalue weighted by molar-refractivity contribution is -0.160. The molecule has 13 heavy (non-hydrogen) atoms. The Morgan fingerprint density at radius 1 is 1.62 bits per heavy atom. The fourth-order valence-corrected chi connectivity index (χ4v) is 1.99. The number of Topliss-reactive ketones (excluding diaryl/α,β-unsaturated/α-hetero) is 1. The molecule has 0 saturated heterocycles. The van der Waals surface area contributed by atoms with Crippen molar-refractivity contribution in [3.8, 4) is 0 Å². The Labute approximate surface area is 78.5 Å². The molecule has 0 aromatic heterocycles. The van der Waals surface area contributed by atoms with Crippen LogP contribution in [0.5, 0.6) is 0 Å². The molecule has 0 spiro atoms. The van der Waals surface area contributed by atoms with Gasteiger partial charge in [-0.15, -0.1) is 0 Å². The minimum absolute atomic E-state index is 0.00199. The first-order chi connectivity index (χ1) is 6.02. The Bertz CT molecular complexity index is 234. The number of ketones is 1. The largest absolute Gasteiger partial charge is 0.468 e. The number of esters is 1. The van der Waals surface area contributed by atoms with Crippen LogP contribution in [-0.2, 0) is 14.3 Å². The second kappa shape index (κ2) is 3.48. The third kappa shape index (κ3) is 1.60. The fourth-order valence-electron chi connectivity index (χ4n) is 1.99. The van der Waals surface area contributed by atoms with Gasteiger partial charge in [-0.3, -0.25) is 9.59 Å². The van der Waals surface area contributed by atoms with Gasteiger partial charge < -0.3 is 4.74 Å². The SMILES string of the molecule is COC(=O)[C@]1(C)CCC[C@@H](C)C1=O. The van der Waals surface area contributed by atoms with Crippen LogP contribution in [0.1, 0.15) is 33.1 Å². The van der Waals surface area contributed by atoms with E-state index in [9.17, 15) is 9.59 Å². The van der Waals surface area contributed by atoms with Gasteiger partial charge in [-0.2, -0.15) is 0 Å². The van der Waals surface area contributed by atoms with Crippen LogP contribution in [0.2, 0.25) is 0 Å². The number of carbonyl (C=O) groups is 2. The first-order valence-corrected chi connectivity index (χ1v) is 4.65. The zero-order valence-corrected chi connectivity index (χ0v) is 8.42. The summed E-state index contributed by atoms with van der Waals surface area (Å²) in [7, 11) is 1.33. The number of rotatable bonds is 1. The van der Waals surface area contributed by atoms with Gasteiger partial charge in [0.25, 0.3) is 0 Å². The molecule has 1 rings (SSSR count). The van der Waals surface area contributed by atoms with Crippen molar-refractivity contribution in [1.82, 2.24) is 0 Å². The maximum Gasteiger partial charge on any atom is 0.319 e. The Hall–Kier alpha value is -0.860. The van der Waals surface area contributed by atoms with E-state index >= 15 is 0 Å². The Kier molecular flexibility index (Phi) is 2.74. The lowest BCUT2D eigenvalue weighted by Gasteiger charge is -2.32. The van der Waals surface area contributed by atoms with E-state index < -0.39 is 5.41 Å². The first-order valence-electron chi connectivity index (χ1n) is 4.65. The zero-order valence-electron chi connectivity index (χ0n) is 8.42. The van der Waals surface area contributed by atoms with Gasteiger partial charge in [-0.1, -0.05) is 13.3 Å². The monoisotopic (exact) mass is 184 g/mol. The van der Waals surface area contributed by atoms with Gasteiger partial charge >= 0.3 is 5.97 Å². The van der Waals surface area contributed by atoms with Crippen molar-refractivity contribution in [2.75, 3.05) is 7.11 Å². The van der Waals surface area contributed by atoms with E-state index in [1.807, 2.05) is 6.92 Å². The Balaban J connectivity index is 2.87. The molecule has 0 aromatic carbocycles. The molecule has 74 valence electrons. The van der Waals surface area contributed by atoms with Gasteiger partial charge in [0.1, 0.15) is 5.41 Å². The number of hydrogen-bond donors (Lipinski definition) is 0. The van der Waals surface area contributed by atoms with Crippen molar-refractivity contribution in [2.45, 2.75) is 33.1 Å². The molecule has 1 aliphatic carbocycles. The number of carbonyl (C=O) groups excluding carboxylic acids is 2. The molecule has 0 N–H and O–H groups in total. The second-order valence-corrected chi connectivity index (χ2v) is 3.98. The fraction of sp³-hybridized carbons (Fsp3) is 0.800. The van der Waals surface area contributed by atoms with Crippen LogP contribution in [-0.4, -0.2) is 18.9 Å². The van der Waals surface area contributed by atoms with E-state index in [1.165, 1.54) is 7.11 Å². The molecule has 0 amide bonds. The molecule has 0 radical (unpaired) electrons. The van der Waals surface area contributed by atoms with Crippen LogP contribution >= 0.6 is 0 Å². The molecule has 0 aliphatic heterocycles. The summed E-state index contributed by atoms with van der Waals surface area (Å²) in [6.07, 6.45) is 2.45. The van der Waals surface area contributed by atoms with Gasteiger partial charge in [0.2, 0.25) is 0 Å². The molecular weight excluding hydrogens is 168 g/mol. The summed E-state index contributed by atoms with van der Waals surface area (Å²) >= 11 is 0. The summed E-state index contributed by atoms with van der Waals surface area (Å²) < 4.78 is 4.65. The topological polar surface area (TPSA) is 43.4 Å². The maximum absolute atomic E-state index is 11.7. The normalized spacial score (nSPS) is 34.4. The Morgan fingerprint density at radius 3 is 2.77 bits per heavy atom. The number of methoxy groups -OCH3 is 1. The van der Waals surface area contributed by atoms with Crippen LogP contribution in [0.4, 0.5) is 0 Å². The predicted molar refractivity (Wildman–Crippen MR) is 48.1 cm³/mol. The lowest BCUT2D eigenvalue weighted by Crippen LogP contribution is -2.43. The minimum atomic E-state index is -0.883. The van der Waals surface area contributed by atoms with Crippen molar-refractivity contribution in [1.29, 1.82) is 0 Å². The van der Waals surface area contributed by atoms with Gasteiger partial charge in [-0.05, 0) is 19.8 Å². The maximum atomic E-state index is 11.7. The summed E-state index contributed by atoms with van der Waals surface area (Å²) in [5.41, 5.74) is -0.883. The highest BCUT2D eigenvalue weighted by Crippen LogP contribution is 2.36. The molecular formula is C10H16O3. The number of hydrogen-bond acceptors (Lipinski definition) is 3. The highest BCUT2D eigenvalue weighted by Gasteiger charge is 2.45. The van der Waals surface area contributed by atoms with Crippen molar-refractivity contribution in [3.63, 3.8) is 0 Å². The third-order valence-electron chi connectivity index (χ3n) is 2.94. The standard InChI is InChI=1S/C10H16O3/c1-7-5-4-6-10(2,8(7)11)9(12)13-3/h7H,4-6H2,1-3H3/t7-,10-/m1/s1. The molecule has 0 heterocycles. The molecule has 0 aromatic rings. The molecule has 0 unspecified atom stereocenters. The second-order valence-electron chi connectivity index (χ2n) is 3.98. The van der Waals surface area contributed by atoms with Crippen LogP contribution in [0, 0.1) is 11.3 Å². The molecule has 1 saturated carbocycles. The summed E-state index contributed by atoms with van der Waals surface area (Å²) in [6, 6.07) is 0. The minimum Gasteiger partial charge on any atom is -0.468 e. The molecule has 3 heteroatoms. The van der Waals surface area contributed by atoms with Gasteiger partial charge in [0, 0.05) is 5.92 Å². The zero-order chi connectivity index (χ0) is 10.1.